The molecule has 0 fully saturated rings. The van der Waals surface area contributed by atoms with Crippen LogP contribution in [0.2, 0.25) is 0 Å². The number of halogens is 4. The number of hydrogen-bond donors (Lipinski definition) is 1. The molecule has 1 N–H and O–H groups in total. The van der Waals surface area contributed by atoms with Gasteiger partial charge in [-0.05, 0) is 22.0 Å². The molecule has 0 bridgehead atoms. The number of nitrogens with zero attached hydrogens (tertiary/aromatic N) is 3. The zero-order valence-corrected chi connectivity index (χ0v) is 13.4. The fraction of sp³-hybridized carbons (Fsp3) is 0.214. The summed E-state index contributed by atoms with van der Waals surface area (Å²) in [5, 5.41) is 0.221. The lowest BCUT2D eigenvalue weighted by atomic mass is 10.1. The second-order valence-electron chi connectivity index (χ2n) is 4.97. The molecule has 0 saturated carbocycles. The van der Waals surface area contributed by atoms with Gasteiger partial charge in [-0.3, -0.25) is 9.78 Å². The predicted molar refractivity (Wildman–Crippen MR) is 82.0 cm³/mol. The van der Waals surface area contributed by atoms with Crippen molar-refractivity contribution in [3.8, 4) is 11.1 Å². The lowest BCUT2D eigenvalue weighted by Crippen LogP contribution is -2.19. The number of H-pyrrole nitrogens is 1. The zero-order valence-electron chi connectivity index (χ0n) is 11.8. The molecule has 0 atom stereocenters. The molecule has 120 valence electrons. The first-order valence-electron chi connectivity index (χ1n) is 6.52. The molecule has 5 nitrogen and oxygen atoms in total. The van der Waals surface area contributed by atoms with E-state index in [0.29, 0.717) is 15.7 Å². The summed E-state index contributed by atoms with van der Waals surface area (Å²) in [5.41, 5.74) is 0.775. The molecule has 0 aliphatic heterocycles. The van der Waals surface area contributed by atoms with Gasteiger partial charge >= 0.3 is 6.18 Å². The molecule has 0 spiro atoms. The van der Waals surface area contributed by atoms with E-state index in [4.69, 9.17) is 0 Å². The third-order valence-electron chi connectivity index (χ3n) is 3.34. The van der Waals surface area contributed by atoms with Crippen LogP contribution in [-0.4, -0.2) is 25.7 Å². The van der Waals surface area contributed by atoms with E-state index >= 15 is 0 Å². The van der Waals surface area contributed by atoms with E-state index in [1.54, 1.807) is 31.6 Å². The summed E-state index contributed by atoms with van der Waals surface area (Å²) >= 11 is 3.37. The number of aromatic amines is 1. The summed E-state index contributed by atoms with van der Waals surface area (Å²) < 4.78 is 39.7. The van der Waals surface area contributed by atoms with Crippen molar-refractivity contribution < 1.29 is 13.2 Å². The highest BCUT2D eigenvalue weighted by Crippen LogP contribution is 2.35. The zero-order chi connectivity index (χ0) is 16.8. The van der Waals surface area contributed by atoms with Gasteiger partial charge < -0.3 is 9.55 Å². The number of alkyl halides is 3. The Morgan fingerprint density at radius 1 is 1.39 bits per heavy atom. The molecule has 0 saturated heterocycles. The van der Waals surface area contributed by atoms with E-state index in [1.165, 1.54) is 4.57 Å². The minimum atomic E-state index is -4.45. The maximum atomic E-state index is 12.5. The Bertz CT molecular complexity index is 931. The lowest BCUT2D eigenvalue weighted by Gasteiger charge is -2.06. The number of aromatic nitrogens is 4. The maximum absolute atomic E-state index is 12.5. The highest BCUT2D eigenvalue weighted by atomic mass is 79.9. The van der Waals surface area contributed by atoms with Gasteiger partial charge in [-0.25, -0.2) is 4.98 Å². The fourth-order valence-corrected chi connectivity index (χ4v) is 2.98. The van der Waals surface area contributed by atoms with Crippen molar-refractivity contribution in [2.75, 3.05) is 0 Å². The molecule has 0 aliphatic rings. The van der Waals surface area contributed by atoms with Crippen molar-refractivity contribution in [3.05, 3.63) is 45.3 Å². The Balaban J connectivity index is 2.29. The average Bonchev–Trinajstić information content (AvgIpc) is 2.71. The van der Waals surface area contributed by atoms with Crippen LogP contribution in [0.4, 0.5) is 13.2 Å². The summed E-state index contributed by atoms with van der Waals surface area (Å²) in [4.78, 5) is 22.5. The van der Waals surface area contributed by atoms with Crippen LogP contribution in [0.1, 0.15) is 5.82 Å². The molecular weight excluding hydrogens is 377 g/mol. The fourth-order valence-electron chi connectivity index (χ4n) is 2.39. The molecule has 3 aromatic rings. The Morgan fingerprint density at radius 3 is 2.74 bits per heavy atom. The average molecular weight is 387 g/mol. The molecular formula is C14H10BrF3N4O. The van der Waals surface area contributed by atoms with Crippen molar-refractivity contribution in [2.24, 2.45) is 7.05 Å². The molecule has 0 aliphatic carbocycles. The third kappa shape index (κ3) is 2.88. The largest absolute Gasteiger partial charge is 0.396 e. The standard InChI is InChI=1S/C14H10BrF3N4O/c1-22-11(15)9(7-3-2-4-19-6-7)10-12(22)20-8(21-13(10)23)5-14(16,17)18/h2-4,6H,5H2,1H3,(H,20,21,23). The van der Waals surface area contributed by atoms with Gasteiger partial charge in [0.25, 0.3) is 5.56 Å². The van der Waals surface area contributed by atoms with Gasteiger partial charge in [-0.1, -0.05) is 6.07 Å². The Morgan fingerprint density at radius 2 is 2.13 bits per heavy atom. The Labute approximate surface area is 136 Å². The van der Waals surface area contributed by atoms with Crippen molar-refractivity contribution >= 4 is 27.0 Å². The van der Waals surface area contributed by atoms with Gasteiger partial charge in [0, 0.05) is 30.6 Å². The van der Waals surface area contributed by atoms with Crippen LogP contribution < -0.4 is 5.56 Å². The van der Waals surface area contributed by atoms with Crippen LogP contribution in [0.3, 0.4) is 0 Å². The maximum Gasteiger partial charge on any atom is 0.396 e. The quantitative estimate of drug-likeness (QED) is 0.735. The highest BCUT2D eigenvalue weighted by Gasteiger charge is 2.30. The topological polar surface area (TPSA) is 63.6 Å². The van der Waals surface area contributed by atoms with Crippen LogP contribution in [0.25, 0.3) is 22.2 Å². The normalized spacial score (nSPS) is 12.0. The Kier molecular flexibility index (Phi) is 3.75. The number of hydrogen-bond acceptors (Lipinski definition) is 3. The monoisotopic (exact) mass is 386 g/mol. The summed E-state index contributed by atoms with van der Waals surface area (Å²) in [6.07, 6.45) is -2.57. The lowest BCUT2D eigenvalue weighted by molar-refractivity contribution is -0.128. The molecule has 0 aromatic carbocycles. The van der Waals surface area contributed by atoms with E-state index in [1.807, 2.05) is 0 Å². The van der Waals surface area contributed by atoms with Crippen molar-refractivity contribution in [1.29, 1.82) is 0 Å². The van der Waals surface area contributed by atoms with Crippen LogP contribution in [0, 0.1) is 0 Å². The summed E-state index contributed by atoms with van der Waals surface area (Å²) in [6.45, 7) is 0. The molecule has 9 heteroatoms. The number of rotatable bonds is 2. The van der Waals surface area contributed by atoms with Crippen molar-refractivity contribution in [3.63, 3.8) is 0 Å². The smallest absolute Gasteiger partial charge is 0.322 e. The van der Waals surface area contributed by atoms with Gasteiger partial charge in [0.2, 0.25) is 0 Å². The molecule has 0 unspecified atom stereocenters. The first-order valence-corrected chi connectivity index (χ1v) is 7.31. The SMILES string of the molecule is Cn1c(Br)c(-c2cccnc2)c2c(=O)[nH]c(CC(F)(F)F)nc21. The van der Waals surface area contributed by atoms with Crippen molar-refractivity contribution in [1.82, 2.24) is 19.5 Å². The number of aryl methyl sites for hydroxylation is 1. The summed E-state index contributed by atoms with van der Waals surface area (Å²) in [7, 11) is 1.62. The Hall–Kier alpha value is -2.16. The predicted octanol–water partition coefficient (Wildman–Crippen LogP) is 3.19. The van der Waals surface area contributed by atoms with Crippen LogP contribution >= 0.6 is 15.9 Å². The number of pyridine rings is 1. The molecule has 3 heterocycles. The summed E-state index contributed by atoms with van der Waals surface area (Å²) in [5.74, 6) is -0.416. The van der Waals surface area contributed by atoms with E-state index in [0.717, 1.165) is 0 Å². The van der Waals surface area contributed by atoms with E-state index in [9.17, 15) is 18.0 Å². The molecule has 0 radical (unpaired) electrons. The first-order chi connectivity index (χ1) is 10.8. The molecule has 3 rings (SSSR count). The van der Waals surface area contributed by atoms with E-state index in [2.05, 4.69) is 30.9 Å². The van der Waals surface area contributed by atoms with Gasteiger partial charge in [0.1, 0.15) is 17.9 Å². The molecule has 23 heavy (non-hydrogen) atoms. The minimum absolute atomic E-state index is 0.179. The molecule has 3 aromatic heterocycles. The van der Waals surface area contributed by atoms with Gasteiger partial charge in [-0.2, -0.15) is 13.2 Å². The van der Waals surface area contributed by atoms with E-state index in [-0.39, 0.29) is 11.0 Å². The minimum Gasteiger partial charge on any atom is -0.322 e. The molecule has 0 amide bonds. The highest BCUT2D eigenvalue weighted by molar-refractivity contribution is 9.10. The van der Waals surface area contributed by atoms with Crippen molar-refractivity contribution in [2.45, 2.75) is 12.6 Å². The third-order valence-corrected chi connectivity index (χ3v) is 4.26. The van der Waals surface area contributed by atoms with Crippen LogP contribution in [0.5, 0.6) is 0 Å². The first kappa shape index (κ1) is 15.7. The van der Waals surface area contributed by atoms with Gasteiger partial charge in [-0.15, -0.1) is 0 Å². The number of fused-ring (bicyclic) bond motifs is 1. The van der Waals surface area contributed by atoms with Crippen LogP contribution in [-0.2, 0) is 13.5 Å². The summed E-state index contributed by atoms with van der Waals surface area (Å²) in [6, 6.07) is 3.47. The van der Waals surface area contributed by atoms with Gasteiger partial charge in [0.05, 0.1) is 9.99 Å². The second-order valence-corrected chi connectivity index (χ2v) is 5.72. The van der Waals surface area contributed by atoms with Gasteiger partial charge in [0.15, 0.2) is 0 Å². The number of nitrogens with one attached hydrogen (secondary N) is 1. The second kappa shape index (κ2) is 5.48. The van der Waals surface area contributed by atoms with E-state index < -0.39 is 24.0 Å². The van der Waals surface area contributed by atoms with Crippen LogP contribution in [0.15, 0.2) is 33.9 Å².